The summed E-state index contributed by atoms with van der Waals surface area (Å²) in [5.74, 6) is 0. The predicted octanol–water partition coefficient (Wildman–Crippen LogP) is 4.86. The zero-order valence-electron chi connectivity index (χ0n) is 11.4. The molecule has 0 unspecified atom stereocenters. The van der Waals surface area contributed by atoms with Crippen molar-refractivity contribution in [3.63, 3.8) is 0 Å². The van der Waals surface area contributed by atoms with E-state index < -0.39 is 0 Å². The Bertz CT molecular complexity index is 838. The number of benzene rings is 2. The zero-order valence-corrected chi connectivity index (χ0v) is 11.4. The number of nitrogens with zero attached hydrogens (tertiary/aromatic N) is 1. The van der Waals surface area contributed by atoms with Crippen molar-refractivity contribution in [1.29, 1.82) is 0 Å². The van der Waals surface area contributed by atoms with Crippen LogP contribution >= 0.6 is 0 Å². The summed E-state index contributed by atoms with van der Waals surface area (Å²) in [5.41, 5.74) is 7.83. The number of pyridine rings is 1. The van der Waals surface area contributed by atoms with Gasteiger partial charge in [-0.1, -0.05) is 54.1 Å². The van der Waals surface area contributed by atoms with Gasteiger partial charge in [0.2, 0.25) is 0 Å². The van der Waals surface area contributed by atoms with Gasteiger partial charge in [-0.2, -0.15) is 0 Å². The molecule has 96 valence electrons. The van der Waals surface area contributed by atoms with Crippen LogP contribution in [0.4, 0.5) is 0 Å². The number of allylic oxidation sites excluding steroid dienone is 1. The lowest BCUT2D eigenvalue weighted by Gasteiger charge is -2.10. The van der Waals surface area contributed by atoms with Crippen molar-refractivity contribution in [3.8, 4) is 11.1 Å². The first-order chi connectivity index (χ1) is 9.83. The lowest BCUT2D eigenvalue weighted by molar-refractivity contribution is 1.20. The molecule has 0 bridgehead atoms. The van der Waals surface area contributed by atoms with Crippen LogP contribution in [-0.4, -0.2) is 4.98 Å². The molecule has 0 fully saturated rings. The third-order valence-corrected chi connectivity index (χ3v) is 3.98. The first kappa shape index (κ1) is 11.4. The molecule has 1 aliphatic carbocycles. The second-order valence-corrected chi connectivity index (χ2v) is 5.43. The maximum atomic E-state index is 4.58. The van der Waals surface area contributed by atoms with Crippen LogP contribution < -0.4 is 0 Å². The molecule has 4 rings (SSSR count). The Kier molecular flexibility index (Phi) is 2.46. The molecule has 1 aliphatic rings. The van der Waals surface area contributed by atoms with Crippen LogP contribution in [0.2, 0.25) is 0 Å². The van der Waals surface area contributed by atoms with Gasteiger partial charge in [0.25, 0.3) is 0 Å². The molecule has 0 spiro atoms. The van der Waals surface area contributed by atoms with E-state index in [1.54, 1.807) is 0 Å². The molecule has 0 radical (unpaired) electrons. The standard InChI is InChI=1S/C19H15N/c1-13-11-15-6-3-8-16(18(15)12-13)17-9-2-5-14-7-4-10-20-19(14)17/h2-10,12H,11H2,1H3. The van der Waals surface area contributed by atoms with E-state index in [0.717, 1.165) is 11.9 Å². The molecule has 1 heterocycles. The minimum atomic E-state index is 1.07. The van der Waals surface area contributed by atoms with Crippen molar-refractivity contribution in [2.75, 3.05) is 0 Å². The summed E-state index contributed by atoms with van der Waals surface area (Å²) in [5, 5.41) is 1.20. The zero-order chi connectivity index (χ0) is 13.5. The van der Waals surface area contributed by atoms with Crippen molar-refractivity contribution in [3.05, 3.63) is 71.4 Å². The van der Waals surface area contributed by atoms with Crippen molar-refractivity contribution in [2.24, 2.45) is 0 Å². The van der Waals surface area contributed by atoms with E-state index in [1.165, 1.54) is 33.2 Å². The van der Waals surface area contributed by atoms with Crippen LogP contribution in [0.3, 0.4) is 0 Å². The average molecular weight is 257 g/mol. The summed E-state index contributed by atoms with van der Waals surface area (Å²) in [6.07, 6.45) is 5.25. The molecule has 0 aliphatic heterocycles. The largest absolute Gasteiger partial charge is 0.256 e. The Morgan fingerprint density at radius 1 is 0.900 bits per heavy atom. The number of aromatic nitrogens is 1. The summed E-state index contributed by atoms with van der Waals surface area (Å²) in [4.78, 5) is 4.58. The maximum absolute atomic E-state index is 4.58. The van der Waals surface area contributed by atoms with Crippen molar-refractivity contribution in [1.82, 2.24) is 4.98 Å². The topological polar surface area (TPSA) is 12.9 Å². The molecule has 2 aromatic carbocycles. The second kappa shape index (κ2) is 4.31. The van der Waals surface area contributed by atoms with Crippen LogP contribution in [-0.2, 0) is 6.42 Å². The highest BCUT2D eigenvalue weighted by Gasteiger charge is 2.15. The number of para-hydroxylation sites is 1. The molecule has 20 heavy (non-hydrogen) atoms. The molecule has 0 saturated heterocycles. The number of fused-ring (bicyclic) bond motifs is 2. The van der Waals surface area contributed by atoms with E-state index in [2.05, 4.69) is 60.4 Å². The smallest absolute Gasteiger partial charge is 0.0780 e. The molecule has 1 heteroatoms. The van der Waals surface area contributed by atoms with Crippen LogP contribution in [0.25, 0.3) is 28.1 Å². The van der Waals surface area contributed by atoms with Crippen molar-refractivity contribution >= 4 is 17.0 Å². The average Bonchev–Trinajstić information content (AvgIpc) is 2.87. The third-order valence-electron chi connectivity index (χ3n) is 3.98. The SMILES string of the molecule is CC1=Cc2c(cccc2-c2cccc3cccnc23)C1. The number of hydrogen-bond donors (Lipinski definition) is 0. The Morgan fingerprint density at radius 2 is 1.70 bits per heavy atom. The van der Waals surface area contributed by atoms with Gasteiger partial charge >= 0.3 is 0 Å². The van der Waals surface area contributed by atoms with E-state index in [-0.39, 0.29) is 0 Å². The van der Waals surface area contributed by atoms with Gasteiger partial charge in [-0.3, -0.25) is 4.98 Å². The lowest BCUT2D eigenvalue weighted by atomic mass is 9.95. The van der Waals surface area contributed by atoms with Gasteiger partial charge < -0.3 is 0 Å². The highest BCUT2D eigenvalue weighted by atomic mass is 14.6. The molecule has 0 N–H and O–H groups in total. The highest BCUT2D eigenvalue weighted by Crippen LogP contribution is 2.36. The lowest BCUT2D eigenvalue weighted by Crippen LogP contribution is -1.89. The third kappa shape index (κ3) is 1.67. The van der Waals surface area contributed by atoms with Crippen LogP contribution in [0.1, 0.15) is 18.1 Å². The molecule has 0 atom stereocenters. The second-order valence-electron chi connectivity index (χ2n) is 5.43. The Labute approximate surface area is 118 Å². The van der Waals surface area contributed by atoms with Gasteiger partial charge in [0.05, 0.1) is 5.52 Å². The number of hydrogen-bond acceptors (Lipinski definition) is 1. The van der Waals surface area contributed by atoms with E-state index in [4.69, 9.17) is 0 Å². The van der Waals surface area contributed by atoms with Gasteiger partial charge in [-0.25, -0.2) is 0 Å². The van der Waals surface area contributed by atoms with Gasteiger partial charge in [0, 0.05) is 17.1 Å². The van der Waals surface area contributed by atoms with E-state index in [1.807, 2.05) is 12.3 Å². The van der Waals surface area contributed by atoms with Gasteiger partial charge in [-0.05, 0) is 36.1 Å². The number of rotatable bonds is 1. The normalized spacial score (nSPS) is 13.3. The summed E-state index contributed by atoms with van der Waals surface area (Å²) >= 11 is 0. The monoisotopic (exact) mass is 257 g/mol. The van der Waals surface area contributed by atoms with E-state index in [9.17, 15) is 0 Å². The van der Waals surface area contributed by atoms with Gasteiger partial charge in [0.15, 0.2) is 0 Å². The maximum Gasteiger partial charge on any atom is 0.0780 e. The molecule has 1 nitrogen and oxygen atoms in total. The van der Waals surface area contributed by atoms with E-state index in [0.29, 0.717) is 0 Å². The van der Waals surface area contributed by atoms with Crippen molar-refractivity contribution < 1.29 is 0 Å². The van der Waals surface area contributed by atoms with Crippen LogP contribution in [0, 0.1) is 0 Å². The first-order valence-corrected chi connectivity index (χ1v) is 6.96. The fraction of sp³-hybridized carbons (Fsp3) is 0.105. The molecule has 0 amide bonds. The molecule has 1 aromatic heterocycles. The fourth-order valence-corrected chi connectivity index (χ4v) is 3.09. The van der Waals surface area contributed by atoms with Crippen LogP contribution in [0.15, 0.2) is 60.3 Å². The molecular weight excluding hydrogens is 242 g/mol. The quantitative estimate of drug-likeness (QED) is 0.606. The Morgan fingerprint density at radius 3 is 2.65 bits per heavy atom. The highest BCUT2D eigenvalue weighted by molar-refractivity contribution is 5.96. The minimum absolute atomic E-state index is 1.07. The predicted molar refractivity (Wildman–Crippen MR) is 84.5 cm³/mol. The molecule has 0 saturated carbocycles. The first-order valence-electron chi connectivity index (χ1n) is 6.96. The summed E-state index contributed by atoms with van der Waals surface area (Å²) in [6, 6.07) is 17.1. The Hall–Kier alpha value is -2.41. The minimum Gasteiger partial charge on any atom is -0.256 e. The summed E-state index contributed by atoms with van der Waals surface area (Å²) in [6.45, 7) is 2.20. The Balaban J connectivity index is 2.04. The summed E-state index contributed by atoms with van der Waals surface area (Å²) < 4.78 is 0. The fourth-order valence-electron chi connectivity index (χ4n) is 3.09. The van der Waals surface area contributed by atoms with Gasteiger partial charge in [0.1, 0.15) is 0 Å². The molecular formula is C19H15N. The van der Waals surface area contributed by atoms with Crippen LogP contribution in [0.5, 0.6) is 0 Å². The van der Waals surface area contributed by atoms with E-state index >= 15 is 0 Å². The van der Waals surface area contributed by atoms with Gasteiger partial charge in [-0.15, -0.1) is 0 Å². The summed E-state index contributed by atoms with van der Waals surface area (Å²) in [7, 11) is 0. The molecule has 3 aromatic rings. The van der Waals surface area contributed by atoms with Crippen molar-refractivity contribution in [2.45, 2.75) is 13.3 Å².